The van der Waals surface area contributed by atoms with Crippen LogP contribution in [0, 0.1) is 11.8 Å². The Balaban J connectivity index is 1.73. The number of aliphatic hydroxyl groups is 1. The van der Waals surface area contributed by atoms with Crippen LogP contribution in [-0.2, 0) is 14.4 Å². The van der Waals surface area contributed by atoms with Gasteiger partial charge in [0.05, 0.1) is 12.2 Å². The minimum atomic E-state index is -0.717. The van der Waals surface area contributed by atoms with Gasteiger partial charge in [-0.15, -0.1) is 0 Å². The Bertz CT molecular complexity index is 1250. The van der Waals surface area contributed by atoms with Gasteiger partial charge in [-0.05, 0) is 79.8 Å². The van der Waals surface area contributed by atoms with Crippen LogP contribution in [0.3, 0.4) is 0 Å². The molecule has 212 valence electrons. The standard InChI is InChI=1S/C33H38O7/c1-5-6-7-24-8-10-25(11-9-24)12-19-31(35)39-30-20-27(15-18-29(30)40-32(36)22(2)3)26-13-16-28(17-14-26)38-33(37)23(4)21-34/h12-20,24-25,34H,2,4-11,21H2,1,3H3/b19-12+. The Labute approximate surface area is 236 Å². The lowest BCUT2D eigenvalue weighted by Gasteiger charge is -2.26. The molecule has 40 heavy (non-hydrogen) atoms. The molecule has 0 bridgehead atoms. The maximum absolute atomic E-state index is 12.8. The molecule has 0 spiro atoms. The minimum absolute atomic E-state index is 0.0517. The number of ether oxygens (including phenoxy) is 3. The topological polar surface area (TPSA) is 99.1 Å². The Hall–Kier alpha value is -3.97. The molecule has 0 aromatic heterocycles. The van der Waals surface area contributed by atoms with Crippen LogP contribution in [0.2, 0.25) is 0 Å². The van der Waals surface area contributed by atoms with Gasteiger partial charge in [-0.1, -0.05) is 63.6 Å². The summed E-state index contributed by atoms with van der Waals surface area (Å²) in [6, 6.07) is 11.5. The van der Waals surface area contributed by atoms with Crippen molar-refractivity contribution < 1.29 is 33.7 Å². The van der Waals surface area contributed by atoms with Crippen LogP contribution >= 0.6 is 0 Å². The SMILES string of the molecule is C=C(C)C(=O)Oc1ccc(-c2ccc(OC(=O)C(=C)CO)cc2)cc1OC(=O)/C=C/C1CCC(CCCC)CC1. The van der Waals surface area contributed by atoms with Gasteiger partial charge in [0, 0.05) is 11.6 Å². The maximum Gasteiger partial charge on any atom is 0.341 e. The van der Waals surface area contributed by atoms with Crippen molar-refractivity contribution >= 4 is 17.9 Å². The fraction of sp³-hybridized carbons (Fsp3) is 0.364. The van der Waals surface area contributed by atoms with Crippen LogP contribution in [0.1, 0.15) is 58.8 Å². The van der Waals surface area contributed by atoms with Crippen molar-refractivity contribution in [1.82, 2.24) is 0 Å². The quantitative estimate of drug-likeness (QED) is 0.179. The number of aliphatic hydroxyl groups excluding tert-OH is 1. The van der Waals surface area contributed by atoms with Gasteiger partial charge < -0.3 is 19.3 Å². The first-order valence-electron chi connectivity index (χ1n) is 13.7. The molecular formula is C33H38O7. The molecule has 2 aromatic carbocycles. The van der Waals surface area contributed by atoms with E-state index < -0.39 is 24.5 Å². The van der Waals surface area contributed by atoms with Gasteiger partial charge >= 0.3 is 17.9 Å². The number of carbonyl (C=O) groups excluding carboxylic acids is 3. The molecule has 0 saturated heterocycles. The Morgan fingerprint density at radius 2 is 1.57 bits per heavy atom. The number of rotatable bonds is 12. The third-order valence-electron chi connectivity index (χ3n) is 6.94. The summed E-state index contributed by atoms with van der Waals surface area (Å²) in [5.74, 6) is -0.286. The van der Waals surface area contributed by atoms with E-state index in [9.17, 15) is 14.4 Å². The second-order valence-electron chi connectivity index (χ2n) is 10.2. The molecule has 2 aromatic rings. The van der Waals surface area contributed by atoms with Crippen LogP contribution in [-0.4, -0.2) is 29.6 Å². The molecule has 1 saturated carbocycles. The average Bonchev–Trinajstić information content (AvgIpc) is 2.96. The van der Waals surface area contributed by atoms with Crippen LogP contribution in [0.5, 0.6) is 17.2 Å². The van der Waals surface area contributed by atoms with Gasteiger partial charge in [0.1, 0.15) is 5.75 Å². The van der Waals surface area contributed by atoms with Crippen molar-refractivity contribution in [3.8, 4) is 28.4 Å². The zero-order valence-electron chi connectivity index (χ0n) is 23.3. The van der Waals surface area contributed by atoms with Crippen LogP contribution < -0.4 is 14.2 Å². The summed E-state index contributed by atoms with van der Waals surface area (Å²) >= 11 is 0. The third-order valence-corrected chi connectivity index (χ3v) is 6.94. The van der Waals surface area contributed by atoms with Crippen molar-refractivity contribution in [1.29, 1.82) is 0 Å². The van der Waals surface area contributed by atoms with E-state index in [1.54, 1.807) is 42.5 Å². The van der Waals surface area contributed by atoms with Crippen molar-refractivity contribution in [3.05, 3.63) is 78.9 Å². The molecule has 7 nitrogen and oxygen atoms in total. The van der Waals surface area contributed by atoms with Crippen molar-refractivity contribution in [3.63, 3.8) is 0 Å². The first kappa shape index (κ1) is 30.6. The first-order chi connectivity index (χ1) is 19.2. The Morgan fingerprint density at radius 3 is 2.20 bits per heavy atom. The number of benzene rings is 2. The predicted octanol–water partition coefficient (Wildman–Crippen LogP) is 6.75. The van der Waals surface area contributed by atoms with E-state index in [0.717, 1.165) is 24.3 Å². The highest BCUT2D eigenvalue weighted by molar-refractivity contribution is 5.91. The van der Waals surface area contributed by atoms with E-state index in [-0.39, 0.29) is 28.4 Å². The Kier molecular flexibility index (Phi) is 11.5. The van der Waals surface area contributed by atoms with Crippen LogP contribution in [0.25, 0.3) is 11.1 Å². The number of carbonyl (C=O) groups is 3. The molecule has 0 atom stereocenters. The lowest BCUT2D eigenvalue weighted by atomic mass is 9.80. The average molecular weight is 547 g/mol. The van der Waals surface area contributed by atoms with Gasteiger partial charge in [-0.2, -0.15) is 0 Å². The zero-order chi connectivity index (χ0) is 29.1. The smallest absolute Gasteiger partial charge is 0.341 e. The summed E-state index contributed by atoms with van der Waals surface area (Å²) < 4.78 is 16.2. The van der Waals surface area contributed by atoms with Gasteiger partial charge in [0.2, 0.25) is 0 Å². The highest BCUT2D eigenvalue weighted by atomic mass is 16.6. The number of hydrogen-bond donors (Lipinski definition) is 1. The van der Waals surface area contributed by atoms with Crippen molar-refractivity contribution in [2.75, 3.05) is 6.61 Å². The van der Waals surface area contributed by atoms with E-state index in [0.29, 0.717) is 11.5 Å². The molecule has 0 amide bonds. The summed E-state index contributed by atoms with van der Waals surface area (Å²) in [5.41, 5.74) is 1.59. The van der Waals surface area contributed by atoms with E-state index >= 15 is 0 Å². The van der Waals surface area contributed by atoms with E-state index in [4.69, 9.17) is 19.3 Å². The molecule has 7 heteroatoms. The summed E-state index contributed by atoms with van der Waals surface area (Å²) in [5, 5.41) is 9.03. The molecule has 3 rings (SSSR count). The molecule has 1 fully saturated rings. The summed E-state index contributed by atoms with van der Waals surface area (Å²) in [7, 11) is 0. The van der Waals surface area contributed by atoms with E-state index in [2.05, 4.69) is 20.1 Å². The third kappa shape index (κ3) is 9.06. The molecule has 1 N–H and O–H groups in total. The molecule has 0 aliphatic heterocycles. The minimum Gasteiger partial charge on any atom is -0.423 e. The van der Waals surface area contributed by atoms with Crippen LogP contribution in [0.15, 0.2) is 78.9 Å². The zero-order valence-corrected chi connectivity index (χ0v) is 23.3. The second kappa shape index (κ2) is 15.0. The second-order valence-corrected chi connectivity index (χ2v) is 10.2. The Morgan fingerprint density at radius 1 is 0.900 bits per heavy atom. The van der Waals surface area contributed by atoms with E-state index in [1.807, 2.05) is 6.08 Å². The number of esters is 3. The largest absolute Gasteiger partial charge is 0.423 e. The number of unbranched alkanes of at least 4 members (excludes halogenated alkanes) is 1. The summed E-state index contributed by atoms with van der Waals surface area (Å²) in [4.78, 5) is 36.8. The molecule has 1 aliphatic carbocycles. The van der Waals surface area contributed by atoms with E-state index in [1.165, 1.54) is 45.1 Å². The fourth-order valence-corrected chi connectivity index (χ4v) is 4.52. The van der Waals surface area contributed by atoms with Gasteiger partial charge in [0.15, 0.2) is 11.5 Å². The summed E-state index contributed by atoms with van der Waals surface area (Å²) in [6.45, 7) is 10.3. The molecule has 0 unspecified atom stereocenters. The van der Waals surface area contributed by atoms with Gasteiger partial charge in [-0.25, -0.2) is 14.4 Å². The highest BCUT2D eigenvalue weighted by Gasteiger charge is 2.20. The van der Waals surface area contributed by atoms with Gasteiger partial charge in [0.25, 0.3) is 0 Å². The normalized spacial score (nSPS) is 16.8. The lowest BCUT2D eigenvalue weighted by molar-refractivity contribution is -0.132. The van der Waals surface area contributed by atoms with Crippen molar-refractivity contribution in [2.24, 2.45) is 11.8 Å². The fourth-order valence-electron chi connectivity index (χ4n) is 4.52. The predicted molar refractivity (Wildman–Crippen MR) is 154 cm³/mol. The lowest BCUT2D eigenvalue weighted by Crippen LogP contribution is -2.14. The van der Waals surface area contributed by atoms with Crippen molar-refractivity contribution in [2.45, 2.75) is 58.8 Å². The highest BCUT2D eigenvalue weighted by Crippen LogP contribution is 2.35. The molecule has 0 radical (unpaired) electrons. The summed E-state index contributed by atoms with van der Waals surface area (Å²) in [6.07, 6.45) is 11.6. The number of allylic oxidation sites excluding steroid dienone is 1. The first-order valence-corrected chi connectivity index (χ1v) is 13.7. The maximum atomic E-state index is 12.8. The molecular weight excluding hydrogens is 508 g/mol. The van der Waals surface area contributed by atoms with Gasteiger partial charge in [-0.3, -0.25) is 0 Å². The molecule has 0 heterocycles. The monoisotopic (exact) mass is 546 g/mol. The number of hydrogen-bond acceptors (Lipinski definition) is 7. The van der Waals surface area contributed by atoms with Crippen LogP contribution in [0.4, 0.5) is 0 Å². The molecule has 1 aliphatic rings.